The number of rotatable bonds is 7. The van der Waals surface area contributed by atoms with E-state index >= 15 is 0 Å². The standard InChI is InChI=1S/C19H26Cl2N2O2/c1-2-3-4-12-22-18(24)13-8-10-14(11-9-13)19(25)23-17-15(20)6-5-7-16(17)21/h5-7,13-14H,2-4,8-12H2,1H3,(H,22,24)(H,23,25). The lowest BCUT2D eigenvalue weighted by Gasteiger charge is -2.27. The van der Waals surface area contributed by atoms with E-state index in [0.717, 1.165) is 38.6 Å². The van der Waals surface area contributed by atoms with Crippen LogP contribution in [0.3, 0.4) is 0 Å². The maximum atomic E-state index is 12.5. The van der Waals surface area contributed by atoms with E-state index in [1.807, 2.05) is 0 Å². The molecule has 1 aliphatic carbocycles. The highest BCUT2D eigenvalue weighted by Gasteiger charge is 2.30. The predicted molar refractivity (Wildman–Crippen MR) is 103 cm³/mol. The van der Waals surface area contributed by atoms with Gasteiger partial charge in [0.1, 0.15) is 0 Å². The smallest absolute Gasteiger partial charge is 0.227 e. The zero-order valence-corrected chi connectivity index (χ0v) is 16.1. The van der Waals surface area contributed by atoms with Crippen molar-refractivity contribution in [3.8, 4) is 0 Å². The molecule has 1 saturated carbocycles. The van der Waals surface area contributed by atoms with Crippen molar-refractivity contribution >= 4 is 40.7 Å². The van der Waals surface area contributed by atoms with Gasteiger partial charge in [-0.1, -0.05) is 49.0 Å². The van der Waals surface area contributed by atoms with Crippen LogP contribution in [0.4, 0.5) is 5.69 Å². The highest BCUT2D eigenvalue weighted by Crippen LogP contribution is 2.33. The molecule has 1 aromatic carbocycles. The lowest BCUT2D eigenvalue weighted by molar-refractivity contribution is -0.128. The van der Waals surface area contributed by atoms with Crippen molar-refractivity contribution < 1.29 is 9.59 Å². The zero-order valence-electron chi connectivity index (χ0n) is 14.6. The van der Waals surface area contributed by atoms with Crippen molar-refractivity contribution in [2.75, 3.05) is 11.9 Å². The molecule has 0 heterocycles. The molecule has 1 aliphatic rings. The van der Waals surface area contributed by atoms with E-state index in [1.54, 1.807) is 18.2 Å². The van der Waals surface area contributed by atoms with Gasteiger partial charge in [-0.2, -0.15) is 0 Å². The molecule has 4 nitrogen and oxygen atoms in total. The van der Waals surface area contributed by atoms with Gasteiger partial charge in [-0.05, 0) is 44.2 Å². The van der Waals surface area contributed by atoms with Crippen LogP contribution >= 0.6 is 23.2 Å². The second-order valence-corrected chi connectivity index (χ2v) is 7.45. The molecule has 0 aromatic heterocycles. The van der Waals surface area contributed by atoms with Crippen LogP contribution in [0, 0.1) is 11.8 Å². The molecule has 6 heteroatoms. The summed E-state index contributed by atoms with van der Waals surface area (Å²) < 4.78 is 0. The molecular formula is C19H26Cl2N2O2. The van der Waals surface area contributed by atoms with Crippen LogP contribution in [0.25, 0.3) is 0 Å². The summed E-state index contributed by atoms with van der Waals surface area (Å²) in [7, 11) is 0. The molecule has 2 N–H and O–H groups in total. The fourth-order valence-electron chi connectivity index (χ4n) is 3.19. The minimum atomic E-state index is -0.100. The Morgan fingerprint density at radius 1 is 1.00 bits per heavy atom. The maximum Gasteiger partial charge on any atom is 0.227 e. The Hall–Kier alpha value is -1.26. The number of hydrogen-bond acceptors (Lipinski definition) is 2. The third kappa shape index (κ3) is 5.89. The average Bonchev–Trinajstić information content (AvgIpc) is 2.62. The molecule has 0 atom stereocenters. The van der Waals surface area contributed by atoms with Gasteiger partial charge in [0.25, 0.3) is 0 Å². The second-order valence-electron chi connectivity index (χ2n) is 6.63. The third-order valence-electron chi connectivity index (χ3n) is 4.76. The number of carbonyl (C=O) groups is 2. The maximum absolute atomic E-state index is 12.5. The van der Waals surface area contributed by atoms with E-state index in [0.29, 0.717) is 28.6 Å². The van der Waals surface area contributed by atoms with Gasteiger partial charge in [0.15, 0.2) is 0 Å². The van der Waals surface area contributed by atoms with Gasteiger partial charge in [0.05, 0.1) is 15.7 Å². The van der Waals surface area contributed by atoms with Crippen LogP contribution in [0.5, 0.6) is 0 Å². The van der Waals surface area contributed by atoms with E-state index in [9.17, 15) is 9.59 Å². The number of para-hydroxylation sites is 1. The third-order valence-corrected chi connectivity index (χ3v) is 5.39. The fraction of sp³-hybridized carbons (Fsp3) is 0.579. The van der Waals surface area contributed by atoms with E-state index in [1.165, 1.54) is 0 Å². The Morgan fingerprint density at radius 3 is 2.12 bits per heavy atom. The monoisotopic (exact) mass is 384 g/mol. The van der Waals surface area contributed by atoms with E-state index in [4.69, 9.17) is 23.2 Å². The lowest BCUT2D eigenvalue weighted by Crippen LogP contribution is -2.36. The first-order valence-corrected chi connectivity index (χ1v) is 9.81. The highest BCUT2D eigenvalue weighted by atomic mass is 35.5. The van der Waals surface area contributed by atoms with E-state index in [2.05, 4.69) is 17.6 Å². The van der Waals surface area contributed by atoms with Gasteiger partial charge in [-0.15, -0.1) is 0 Å². The van der Waals surface area contributed by atoms with Crippen LogP contribution in [0.2, 0.25) is 10.0 Å². The minimum absolute atomic E-state index is 0.0228. The zero-order chi connectivity index (χ0) is 18.2. The SMILES string of the molecule is CCCCCNC(=O)C1CCC(C(=O)Nc2c(Cl)cccc2Cl)CC1. The molecule has 1 aromatic rings. The molecule has 0 radical (unpaired) electrons. The van der Waals surface area contributed by atoms with Gasteiger partial charge in [-0.3, -0.25) is 9.59 Å². The topological polar surface area (TPSA) is 58.2 Å². The predicted octanol–water partition coefficient (Wildman–Crippen LogP) is 5.04. The molecule has 25 heavy (non-hydrogen) atoms. The summed E-state index contributed by atoms with van der Waals surface area (Å²) in [5.41, 5.74) is 0.464. The first-order valence-electron chi connectivity index (χ1n) is 9.05. The average molecular weight is 385 g/mol. The van der Waals surface area contributed by atoms with Crippen LogP contribution in [0.15, 0.2) is 18.2 Å². The number of hydrogen-bond donors (Lipinski definition) is 2. The molecule has 1 fully saturated rings. The summed E-state index contributed by atoms with van der Waals surface area (Å²) in [6, 6.07) is 5.14. The molecular weight excluding hydrogens is 359 g/mol. The molecule has 0 bridgehead atoms. The van der Waals surface area contributed by atoms with Crippen LogP contribution in [-0.2, 0) is 9.59 Å². The Kier molecular flexibility index (Phi) is 8.04. The Morgan fingerprint density at radius 2 is 1.56 bits per heavy atom. The number of benzene rings is 1. The lowest BCUT2D eigenvalue weighted by atomic mass is 9.81. The molecule has 138 valence electrons. The van der Waals surface area contributed by atoms with Gasteiger partial charge in [-0.25, -0.2) is 0 Å². The molecule has 0 unspecified atom stereocenters. The number of nitrogens with one attached hydrogen (secondary N) is 2. The first-order chi connectivity index (χ1) is 12.0. The number of unbranched alkanes of at least 4 members (excludes halogenated alkanes) is 2. The summed E-state index contributed by atoms with van der Waals surface area (Å²) in [6.07, 6.45) is 6.21. The summed E-state index contributed by atoms with van der Waals surface area (Å²) >= 11 is 12.2. The van der Waals surface area contributed by atoms with Crippen LogP contribution in [0.1, 0.15) is 51.9 Å². The minimum Gasteiger partial charge on any atom is -0.356 e. The summed E-state index contributed by atoms with van der Waals surface area (Å²) in [4.78, 5) is 24.6. The van der Waals surface area contributed by atoms with Gasteiger partial charge in [0, 0.05) is 18.4 Å². The van der Waals surface area contributed by atoms with Crippen molar-refractivity contribution in [1.29, 1.82) is 0 Å². The Labute approximate surface area is 159 Å². The highest BCUT2D eigenvalue weighted by molar-refractivity contribution is 6.39. The summed E-state index contributed by atoms with van der Waals surface area (Å²) in [5.74, 6) is -0.0213. The van der Waals surface area contributed by atoms with Crippen LogP contribution in [-0.4, -0.2) is 18.4 Å². The normalized spacial score (nSPS) is 20.1. The Bertz CT molecular complexity index is 579. The van der Waals surface area contributed by atoms with Crippen molar-refractivity contribution in [2.24, 2.45) is 11.8 Å². The van der Waals surface area contributed by atoms with Gasteiger partial charge < -0.3 is 10.6 Å². The van der Waals surface area contributed by atoms with Crippen LogP contribution < -0.4 is 10.6 Å². The summed E-state index contributed by atoms with van der Waals surface area (Å²) in [5, 5.41) is 6.71. The van der Waals surface area contributed by atoms with Crippen molar-refractivity contribution in [1.82, 2.24) is 5.32 Å². The molecule has 2 amide bonds. The molecule has 0 saturated heterocycles. The van der Waals surface area contributed by atoms with Crippen molar-refractivity contribution in [3.05, 3.63) is 28.2 Å². The number of anilines is 1. The first kappa shape index (κ1) is 20.1. The number of carbonyl (C=O) groups excluding carboxylic acids is 2. The number of halogens is 2. The number of amides is 2. The van der Waals surface area contributed by atoms with Crippen molar-refractivity contribution in [2.45, 2.75) is 51.9 Å². The molecule has 0 spiro atoms. The quantitative estimate of drug-likeness (QED) is 0.646. The Balaban J connectivity index is 1.79. The van der Waals surface area contributed by atoms with Gasteiger partial charge >= 0.3 is 0 Å². The second kappa shape index (κ2) is 10.0. The van der Waals surface area contributed by atoms with E-state index < -0.39 is 0 Å². The largest absolute Gasteiger partial charge is 0.356 e. The van der Waals surface area contributed by atoms with E-state index in [-0.39, 0.29) is 23.7 Å². The fourth-order valence-corrected chi connectivity index (χ4v) is 3.68. The molecule has 2 rings (SSSR count). The van der Waals surface area contributed by atoms with Crippen molar-refractivity contribution in [3.63, 3.8) is 0 Å². The van der Waals surface area contributed by atoms with Gasteiger partial charge in [0.2, 0.25) is 11.8 Å². The summed E-state index contributed by atoms with van der Waals surface area (Å²) in [6.45, 7) is 2.89. The molecule has 0 aliphatic heterocycles.